The summed E-state index contributed by atoms with van der Waals surface area (Å²) in [5.74, 6) is -41.1. The van der Waals surface area contributed by atoms with Crippen LogP contribution in [0.15, 0.2) is 0 Å². The molecule has 0 N–H and O–H groups in total. The first-order valence-corrected chi connectivity index (χ1v) is 11.7. The number of cyclic esters (lactones) is 2. The number of carbonyl (C=O) groups is 7. The van der Waals surface area contributed by atoms with Crippen LogP contribution >= 0.6 is 0 Å². The molecule has 1 heterocycles. The Morgan fingerprint density at radius 1 is 0.889 bits per heavy atom. The molecule has 0 amide bonds. The number of carboxylic acid groups (broad SMARTS) is 3. The first-order chi connectivity index (χ1) is 19.1. The maximum absolute atomic E-state index is 13.6. The van der Waals surface area contributed by atoms with E-state index in [0.717, 1.165) is 13.8 Å². The average Bonchev–Trinajstić information content (AvgIpc) is 3.09. The van der Waals surface area contributed by atoms with Crippen LogP contribution in [0.1, 0.15) is 27.2 Å². The Bertz CT molecular complexity index is 1110. The van der Waals surface area contributed by atoms with Crippen LogP contribution in [0.3, 0.4) is 0 Å². The monoisotopic (exact) mass is 737 g/mol. The topological polar surface area (TPSA) is 216 Å². The minimum absolute atomic E-state index is 0. The van der Waals surface area contributed by atoms with Crippen LogP contribution in [-0.4, -0.2) is 72.8 Å². The van der Waals surface area contributed by atoms with Gasteiger partial charge in [-0.1, -0.05) is 13.8 Å². The van der Waals surface area contributed by atoms with E-state index >= 15 is 0 Å². The van der Waals surface area contributed by atoms with Crippen molar-refractivity contribution >= 4 is 41.8 Å². The van der Waals surface area contributed by atoms with Crippen molar-refractivity contribution in [1.29, 1.82) is 0 Å². The second-order valence-electron chi connectivity index (χ2n) is 9.05. The zero-order valence-electron chi connectivity index (χ0n) is 24.7. The number of rotatable bonds is 16. The SMILES string of the molecule is CCC(OC(C)=O)C(C(=O)OC[CH]C(F)(F)C(F)(F)C(F)F)C(C(=O)[O-])C(C(=O)[O-])C(C(=O)[O-])C1C(=O)OC(=O)C1C.[K+].[K+].[K+]. The standard InChI is InChI=1S/C23H25F6O13.3K/c1-4-9(41-8(3)30)11(19(38)40-6-5-22(26,27)23(28,29)21(24)25)13(16(33)34)14(17(35)36)12(15(31)32)10-7(2)18(37)42-20(10)39;;;/h5,7,9-14,21H,4,6H2,1-3H3,(H,31,32)(H,33,34)(H,35,36);;;/q;3*+1/p-3. The summed E-state index contributed by atoms with van der Waals surface area (Å²) in [6.07, 6.45) is -8.44. The van der Waals surface area contributed by atoms with Gasteiger partial charge in [0.2, 0.25) is 0 Å². The van der Waals surface area contributed by atoms with Crippen LogP contribution in [-0.2, 0) is 47.8 Å². The molecule has 237 valence electrons. The van der Waals surface area contributed by atoms with Gasteiger partial charge >= 0.3 is 196 Å². The Balaban J connectivity index is -0.00000588. The summed E-state index contributed by atoms with van der Waals surface area (Å²) in [5.41, 5.74) is 0. The second kappa shape index (κ2) is 21.3. The molecule has 0 aliphatic carbocycles. The van der Waals surface area contributed by atoms with Gasteiger partial charge in [-0.3, -0.25) is 19.2 Å². The fourth-order valence-corrected chi connectivity index (χ4v) is 4.38. The molecular weight excluding hydrogens is 716 g/mol. The van der Waals surface area contributed by atoms with E-state index in [1.54, 1.807) is 0 Å². The van der Waals surface area contributed by atoms with E-state index in [-0.39, 0.29) is 154 Å². The number of carboxylic acids is 3. The van der Waals surface area contributed by atoms with E-state index < -0.39 is 121 Å². The van der Waals surface area contributed by atoms with Crippen LogP contribution in [0.2, 0.25) is 0 Å². The van der Waals surface area contributed by atoms with Crippen molar-refractivity contribution in [3.05, 3.63) is 6.42 Å². The maximum atomic E-state index is 13.6. The van der Waals surface area contributed by atoms with E-state index in [0.29, 0.717) is 6.92 Å². The number of hydrogen-bond donors (Lipinski definition) is 0. The van der Waals surface area contributed by atoms with Crippen molar-refractivity contribution in [3.63, 3.8) is 0 Å². The number of hydrogen-bond acceptors (Lipinski definition) is 13. The minimum Gasteiger partial charge on any atom is -0.550 e. The Kier molecular flexibility index (Phi) is 23.8. The zero-order chi connectivity index (χ0) is 32.9. The first-order valence-electron chi connectivity index (χ1n) is 11.7. The van der Waals surface area contributed by atoms with Crippen molar-refractivity contribution in [2.24, 2.45) is 35.5 Å². The van der Waals surface area contributed by atoms with Gasteiger partial charge in [0.25, 0.3) is 0 Å². The molecule has 0 aromatic heterocycles. The number of alkyl halides is 6. The van der Waals surface area contributed by atoms with E-state index in [2.05, 4.69) is 9.47 Å². The molecule has 0 spiro atoms. The molecule has 0 bridgehead atoms. The quantitative estimate of drug-likeness (QED) is 0.0474. The minimum atomic E-state index is -5.96. The van der Waals surface area contributed by atoms with Gasteiger partial charge in [0, 0.05) is 42.6 Å². The van der Waals surface area contributed by atoms with E-state index in [9.17, 15) is 75.2 Å². The second-order valence-corrected chi connectivity index (χ2v) is 9.05. The van der Waals surface area contributed by atoms with Gasteiger partial charge in [0.05, 0.1) is 18.3 Å². The average molecular weight is 738 g/mol. The van der Waals surface area contributed by atoms with Crippen LogP contribution in [0.4, 0.5) is 26.3 Å². The summed E-state index contributed by atoms with van der Waals surface area (Å²) in [6.45, 7) is 0.783. The fraction of sp³-hybridized carbons (Fsp3) is 0.652. The Morgan fingerprint density at radius 3 is 1.71 bits per heavy atom. The van der Waals surface area contributed by atoms with Crippen molar-refractivity contribution in [2.75, 3.05) is 6.61 Å². The number of halogens is 6. The molecule has 1 aliphatic rings. The first kappa shape index (κ1) is 50.4. The third-order valence-corrected chi connectivity index (χ3v) is 6.42. The van der Waals surface area contributed by atoms with Crippen molar-refractivity contribution in [1.82, 2.24) is 0 Å². The molecule has 13 nitrogen and oxygen atoms in total. The van der Waals surface area contributed by atoms with E-state index in [4.69, 9.17) is 4.74 Å². The summed E-state index contributed by atoms with van der Waals surface area (Å²) >= 11 is 0. The fourth-order valence-electron chi connectivity index (χ4n) is 4.38. The molecule has 45 heavy (non-hydrogen) atoms. The molecule has 0 aromatic carbocycles. The summed E-state index contributed by atoms with van der Waals surface area (Å²) in [5, 5.41) is 36.5. The van der Waals surface area contributed by atoms with Gasteiger partial charge in [0.15, 0.2) is 0 Å². The molecule has 1 rings (SSSR count). The third-order valence-electron chi connectivity index (χ3n) is 6.42. The smallest absolute Gasteiger partial charge is 0.550 e. The van der Waals surface area contributed by atoms with Crippen molar-refractivity contribution in [3.8, 4) is 0 Å². The van der Waals surface area contributed by atoms with Crippen LogP contribution in [0.25, 0.3) is 0 Å². The van der Waals surface area contributed by atoms with Crippen molar-refractivity contribution < 1.29 is 244 Å². The van der Waals surface area contributed by atoms with Gasteiger partial charge in [-0.15, -0.1) is 0 Å². The predicted octanol–water partition coefficient (Wildman–Crippen LogP) is -11.3. The zero-order valence-corrected chi connectivity index (χ0v) is 34.1. The molecule has 7 atom stereocenters. The Hall–Kier alpha value is 0.979. The normalized spacial score (nSPS) is 19.7. The molecule has 0 aromatic rings. The Morgan fingerprint density at radius 2 is 1.38 bits per heavy atom. The number of carbonyl (C=O) groups excluding carboxylic acids is 7. The molecule has 1 fully saturated rings. The van der Waals surface area contributed by atoms with Gasteiger partial charge in [0.1, 0.15) is 18.6 Å². The molecule has 0 saturated carbocycles. The van der Waals surface area contributed by atoms with Crippen LogP contribution < -0.4 is 169 Å². The molecule has 7 unspecified atom stereocenters. The predicted molar refractivity (Wildman–Crippen MR) is 110 cm³/mol. The molecule has 1 aliphatic heterocycles. The van der Waals surface area contributed by atoms with Crippen molar-refractivity contribution in [2.45, 2.75) is 51.6 Å². The summed E-state index contributed by atoms with van der Waals surface area (Å²) in [4.78, 5) is 85.0. The van der Waals surface area contributed by atoms with Gasteiger partial charge in [-0.25, -0.2) is 8.78 Å². The maximum Gasteiger partial charge on any atom is 1.00 e. The molecule has 22 heteroatoms. The number of esters is 4. The molecule has 1 radical (unpaired) electrons. The van der Waals surface area contributed by atoms with E-state index in [1.807, 2.05) is 0 Å². The Labute approximate surface area is 378 Å². The van der Waals surface area contributed by atoms with Gasteiger partial charge in [-0.05, 0) is 6.42 Å². The van der Waals surface area contributed by atoms with Crippen LogP contribution in [0.5, 0.6) is 0 Å². The summed E-state index contributed by atoms with van der Waals surface area (Å²) in [6, 6.07) is 0. The third kappa shape index (κ3) is 12.7. The van der Waals surface area contributed by atoms with Gasteiger partial charge < -0.3 is 43.9 Å². The molecule has 1 saturated heterocycles. The summed E-state index contributed by atoms with van der Waals surface area (Å²) < 4.78 is 91.6. The summed E-state index contributed by atoms with van der Waals surface area (Å²) in [7, 11) is 0. The number of aliphatic carboxylic acids is 3. The largest absolute Gasteiger partial charge is 1.00 e. The van der Waals surface area contributed by atoms with Gasteiger partial charge in [-0.2, -0.15) is 17.6 Å². The van der Waals surface area contributed by atoms with Crippen LogP contribution in [0, 0.1) is 41.9 Å². The molecular formula is C23H22F6K3O13. The van der Waals surface area contributed by atoms with E-state index in [1.165, 1.54) is 0 Å². The number of ether oxygens (including phenoxy) is 3.